The van der Waals surface area contributed by atoms with E-state index < -0.39 is 5.56 Å². The number of nitrogens with zero attached hydrogens (tertiary/aromatic N) is 2. The topological polar surface area (TPSA) is 99.3 Å². The number of hydrogen-bond donors (Lipinski definition) is 3. The van der Waals surface area contributed by atoms with Crippen LogP contribution in [0.3, 0.4) is 0 Å². The fraction of sp³-hybridized carbons (Fsp3) is 0.353. The van der Waals surface area contributed by atoms with Gasteiger partial charge >= 0.3 is 6.03 Å². The lowest BCUT2D eigenvalue weighted by atomic mass is 10.2. The lowest BCUT2D eigenvalue weighted by molar-refractivity contribution is 0.249. The molecule has 0 aliphatic carbocycles. The SMILES string of the molecule is CCOc1cccc(NC(=O)N[C@@H]2CCN(c3cn[nH]c(=O)c3Cl)C2)c1. The molecular weight excluding hydrogens is 358 g/mol. The highest BCUT2D eigenvalue weighted by atomic mass is 35.5. The average Bonchev–Trinajstić information content (AvgIpc) is 3.06. The summed E-state index contributed by atoms with van der Waals surface area (Å²) in [6, 6.07) is 6.87. The maximum absolute atomic E-state index is 12.2. The maximum Gasteiger partial charge on any atom is 0.319 e. The Hall–Kier alpha value is -2.74. The first kappa shape index (κ1) is 18.1. The Kier molecular flexibility index (Phi) is 5.62. The number of anilines is 2. The molecule has 138 valence electrons. The van der Waals surface area contributed by atoms with Crippen LogP contribution in [0.4, 0.5) is 16.2 Å². The largest absolute Gasteiger partial charge is 0.494 e. The highest BCUT2D eigenvalue weighted by Crippen LogP contribution is 2.24. The van der Waals surface area contributed by atoms with Gasteiger partial charge in [-0.05, 0) is 25.5 Å². The molecular formula is C17H20ClN5O3. The molecule has 26 heavy (non-hydrogen) atoms. The van der Waals surface area contributed by atoms with Gasteiger partial charge in [-0.3, -0.25) is 4.79 Å². The van der Waals surface area contributed by atoms with Crippen LogP contribution in [-0.2, 0) is 0 Å². The monoisotopic (exact) mass is 377 g/mol. The Bertz CT molecular complexity index is 841. The molecule has 9 heteroatoms. The number of benzene rings is 1. The Morgan fingerprint density at radius 3 is 3.15 bits per heavy atom. The van der Waals surface area contributed by atoms with Crippen molar-refractivity contribution < 1.29 is 9.53 Å². The molecule has 0 unspecified atom stereocenters. The molecule has 2 heterocycles. The smallest absolute Gasteiger partial charge is 0.319 e. The summed E-state index contributed by atoms with van der Waals surface area (Å²) in [5.74, 6) is 0.703. The number of H-pyrrole nitrogens is 1. The first-order valence-electron chi connectivity index (χ1n) is 8.35. The molecule has 1 aliphatic heterocycles. The number of halogens is 1. The number of aromatic nitrogens is 2. The molecule has 1 aromatic carbocycles. The number of carbonyl (C=O) groups is 1. The maximum atomic E-state index is 12.2. The lowest BCUT2D eigenvalue weighted by Crippen LogP contribution is -2.39. The van der Waals surface area contributed by atoms with Crippen LogP contribution < -0.4 is 25.8 Å². The molecule has 1 atom stereocenters. The van der Waals surface area contributed by atoms with Crippen molar-refractivity contribution in [3.8, 4) is 5.75 Å². The third kappa shape index (κ3) is 4.26. The van der Waals surface area contributed by atoms with Gasteiger partial charge in [0.05, 0.1) is 18.5 Å². The fourth-order valence-corrected chi connectivity index (χ4v) is 3.08. The molecule has 8 nitrogen and oxygen atoms in total. The highest BCUT2D eigenvalue weighted by molar-refractivity contribution is 6.33. The molecule has 1 aromatic heterocycles. The van der Waals surface area contributed by atoms with Crippen LogP contribution in [-0.4, -0.2) is 42.0 Å². The third-order valence-electron chi connectivity index (χ3n) is 4.04. The summed E-state index contributed by atoms with van der Waals surface area (Å²) in [6.07, 6.45) is 2.26. The predicted octanol–water partition coefficient (Wildman–Crippen LogP) is 2.22. The number of ether oxygens (including phenoxy) is 1. The van der Waals surface area contributed by atoms with Gasteiger partial charge in [0.25, 0.3) is 5.56 Å². The minimum absolute atomic E-state index is 0.0552. The normalized spacial score (nSPS) is 16.4. The number of urea groups is 1. The van der Waals surface area contributed by atoms with E-state index in [0.29, 0.717) is 36.8 Å². The number of rotatable bonds is 5. The Labute approximate surface area is 155 Å². The van der Waals surface area contributed by atoms with Crippen LogP contribution in [0.5, 0.6) is 5.75 Å². The minimum atomic E-state index is -0.424. The average molecular weight is 378 g/mol. The van der Waals surface area contributed by atoms with Gasteiger partial charge in [0.15, 0.2) is 0 Å². The lowest BCUT2D eigenvalue weighted by Gasteiger charge is -2.19. The number of hydrogen-bond acceptors (Lipinski definition) is 5. The van der Waals surface area contributed by atoms with E-state index in [9.17, 15) is 9.59 Å². The van der Waals surface area contributed by atoms with E-state index in [-0.39, 0.29) is 17.1 Å². The van der Waals surface area contributed by atoms with Crippen molar-refractivity contribution in [1.82, 2.24) is 15.5 Å². The van der Waals surface area contributed by atoms with E-state index >= 15 is 0 Å². The Balaban J connectivity index is 1.57. The Morgan fingerprint density at radius 2 is 2.35 bits per heavy atom. The molecule has 2 aromatic rings. The molecule has 0 spiro atoms. The number of amides is 2. The van der Waals surface area contributed by atoms with Gasteiger partial charge in [-0.15, -0.1) is 0 Å². The summed E-state index contributed by atoms with van der Waals surface area (Å²) in [4.78, 5) is 25.7. The number of carbonyl (C=O) groups excluding carboxylic acids is 1. The van der Waals surface area contributed by atoms with Crippen LogP contribution in [0, 0.1) is 0 Å². The van der Waals surface area contributed by atoms with Gasteiger partial charge in [0.2, 0.25) is 0 Å². The van der Waals surface area contributed by atoms with Crippen molar-refractivity contribution in [3.63, 3.8) is 0 Å². The van der Waals surface area contributed by atoms with Crippen LogP contribution in [0.2, 0.25) is 5.02 Å². The van der Waals surface area contributed by atoms with Gasteiger partial charge < -0.3 is 20.3 Å². The van der Waals surface area contributed by atoms with Gasteiger partial charge in [-0.2, -0.15) is 5.10 Å². The van der Waals surface area contributed by atoms with E-state index in [0.717, 1.165) is 6.42 Å². The van der Waals surface area contributed by atoms with E-state index in [1.807, 2.05) is 24.0 Å². The van der Waals surface area contributed by atoms with Crippen molar-refractivity contribution in [3.05, 3.63) is 45.8 Å². The minimum Gasteiger partial charge on any atom is -0.494 e. The summed E-state index contributed by atoms with van der Waals surface area (Å²) in [6.45, 7) is 3.70. The zero-order valence-corrected chi connectivity index (χ0v) is 15.0. The summed E-state index contributed by atoms with van der Waals surface area (Å²) in [7, 11) is 0. The second-order valence-corrected chi connectivity index (χ2v) is 6.27. The standard InChI is InChI=1S/C17H20ClN5O3/c1-2-26-13-5-3-4-11(8-13)20-17(25)21-12-6-7-23(10-12)14-9-19-22-16(24)15(14)18/h3-5,8-9,12H,2,6-7,10H2,1H3,(H,22,24)(H2,20,21,25)/t12-/m1/s1. The van der Waals surface area contributed by atoms with Crippen molar-refractivity contribution >= 4 is 29.0 Å². The van der Waals surface area contributed by atoms with E-state index in [1.54, 1.807) is 12.1 Å². The van der Waals surface area contributed by atoms with E-state index in [2.05, 4.69) is 20.8 Å². The number of nitrogens with one attached hydrogen (secondary N) is 3. The quantitative estimate of drug-likeness (QED) is 0.742. The summed E-state index contributed by atoms with van der Waals surface area (Å²) in [5, 5.41) is 11.9. The summed E-state index contributed by atoms with van der Waals surface area (Å²) in [5.41, 5.74) is 0.808. The molecule has 0 bridgehead atoms. The molecule has 1 fully saturated rings. The summed E-state index contributed by atoms with van der Waals surface area (Å²) >= 11 is 6.04. The van der Waals surface area contributed by atoms with Crippen molar-refractivity contribution in [2.24, 2.45) is 0 Å². The van der Waals surface area contributed by atoms with Gasteiger partial charge in [-0.1, -0.05) is 17.7 Å². The van der Waals surface area contributed by atoms with Crippen molar-refractivity contribution in [1.29, 1.82) is 0 Å². The second-order valence-electron chi connectivity index (χ2n) is 5.89. The van der Waals surface area contributed by atoms with Crippen LogP contribution >= 0.6 is 11.6 Å². The predicted molar refractivity (Wildman–Crippen MR) is 100 cm³/mol. The van der Waals surface area contributed by atoms with E-state index in [1.165, 1.54) is 6.20 Å². The zero-order chi connectivity index (χ0) is 18.5. The summed E-state index contributed by atoms with van der Waals surface area (Å²) < 4.78 is 5.42. The van der Waals surface area contributed by atoms with Crippen LogP contribution in [0.1, 0.15) is 13.3 Å². The molecule has 2 amide bonds. The van der Waals surface area contributed by atoms with Crippen molar-refractivity contribution in [2.45, 2.75) is 19.4 Å². The molecule has 1 aliphatic rings. The van der Waals surface area contributed by atoms with Gasteiger partial charge in [-0.25, -0.2) is 9.89 Å². The molecule has 1 saturated heterocycles. The van der Waals surface area contributed by atoms with Crippen molar-refractivity contribution in [2.75, 3.05) is 29.9 Å². The fourth-order valence-electron chi connectivity index (χ4n) is 2.87. The first-order chi connectivity index (χ1) is 12.6. The zero-order valence-electron chi connectivity index (χ0n) is 14.3. The number of aromatic amines is 1. The first-order valence-corrected chi connectivity index (χ1v) is 8.73. The molecule has 0 radical (unpaired) electrons. The second kappa shape index (κ2) is 8.09. The Morgan fingerprint density at radius 1 is 1.50 bits per heavy atom. The molecule has 3 N–H and O–H groups in total. The van der Waals surface area contributed by atoms with E-state index in [4.69, 9.17) is 16.3 Å². The van der Waals surface area contributed by atoms with Crippen LogP contribution in [0.25, 0.3) is 0 Å². The highest BCUT2D eigenvalue weighted by Gasteiger charge is 2.26. The molecule has 3 rings (SSSR count). The van der Waals surface area contributed by atoms with Crippen LogP contribution in [0.15, 0.2) is 35.3 Å². The third-order valence-corrected chi connectivity index (χ3v) is 4.41. The van der Waals surface area contributed by atoms with Gasteiger partial charge in [0.1, 0.15) is 10.8 Å². The molecule has 0 saturated carbocycles. The van der Waals surface area contributed by atoms with Gasteiger partial charge in [0, 0.05) is 30.9 Å².